The van der Waals surface area contributed by atoms with Crippen molar-refractivity contribution in [3.05, 3.63) is 28.2 Å². The van der Waals surface area contributed by atoms with Gasteiger partial charge in [0, 0.05) is 19.2 Å². The van der Waals surface area contributed by atoms with Crippen molar-refractivity contribution in [2.45, 2.75) is 13.0 Å². The minimum Gasteiger partial charge on any atom is -0.481 e. The second-order valence-electron chi connectivity index (χ2n) is 4.45. The highest BCUT2D eigenvalue weighted by Gasteiger charge is 2.26. The predicted octanol–water partition coefficient (Wildman–Crippen LogP) is 1.72. The lowest BCUT2D eigenvalue weighted by Gasteiger charge is -2.29. The first-order valence-electron chi connectivity index (χ1n) is 6.14. The van der Waals surface area contributed by atoms with Crippen LogP contribution in [0.2, 0.25) is 10.0 Å². The van der Waals surface area contributed by atoms with Crippen LogP contribution < -0.4 is 10.1 Å². The zero-order chi connectivity index (χ0) is 14.7. The van der Waals surface area contributed by atoms with Gasteiger partial charge in [0.2, 0.25) is 5.91 Å². The van der Waals surface area contributed by atoms with Gasteiger partial charge in [0.15, 0.2) is 6.10 Å². The molecular formula is C13H14Cl2N2O3. The second-order valence-corrected chi connectivity index (χ2v) is 5.26. The number of rotatable bonds is 3. The molecule has 0 radical (unpaired) electrons. The number of amides is 2. The molecule has 2 rings (SSSR count). The number of piperazine rings is 1. The minimum absolute atomic E-state index is 0.0634. The first kappa shape index (κ1) is 14.9. The molecule has 1 N–H and O–H groups in total. The maximum atomic E-state index is 12.2. The number of hydrogen-bond acceptors (Lipinski definition) is 3. The molecule has 0 bridgehead atoms. The van der Waals surface area contributed by atoms with Gasteiger partial charge in [0.05, 0.1) is 16.6 Å². The van der Waals surface area contributed by atoms with Crippen LogP contribution in [0.15, 0.2) is 18.2 Å². The van der Waals surface area contributed by atoms with Gasteiger partial charge in [-0.1, -0.05) is 23.2 Å². The van der Waals surface area contributed by atoms with Crippen LogP contribution in [0.4, 0.5) is 0 Å². The molecule has 108 valence electrons. The van der Waals surface area contributed by atoms with Gasteiger partial charge < -0.3 is 15.0 Å². The molecule has 0 spiro atoms. The van der Waals surface area contributed by atoms with Gasteiger partial charge in [0.1, 0.15) is 5.75 Å². The lowest BCUT2D eigenvalue weighted by molar-refractivity contribution is -0.143. The summed E-state index contributed by atoms with van der Waals surface area (Å²) >= 11 is 11.7. The number of nitrogens with one attached hydrogen (secondary N) is 1. The van der Waals surface area contributed by atoms with Crippen LogP contribution in [-0.2, 0) is 9.59 Å². The summed E-state index contributed by atoms with van der Waals surface area (Å²) in [6.45, 7) is 2.65. The molecule has 1 fully saturated rings. The van der Waals surface area contributed by atoms with Gasteiger partial charge >= 0.3 is 0 Å². The van der Waals surface area contributed by atoms with Gasteiger partial charge in [-0.2, -0.15) is 0 Å². The van der Waals surface area contributed by atoms with E-state index < -0.39 is 6.10 Å². The molecule has 1 aromatic carbocycles. The third kappa shape index (κ3) is 3.55. The molecule has 1 aliphatic heterocycles. The number of hydrogen-bond donors (Lipinski definition) is 1. The zero-order valence-electron chi connectivity index (χ0n) is 10.9. The van der Waals surface area contributed by atoms with Crippen LogP contribution in [0.25, 0.3) is 0 Å². The SMILES string of the molecule is C[C@H](Oc1ccc(Cl)c(Cl)c1)C(=O)N1CCNC(=O)C1. The van der Waals surface area contributed by atoms with E-state index in [-0.39, 0.29) is 18.4 Å². The maximum Gasteiger partial charge on any atom is 0.263 e. The van der Waals surface area contributed by atoms with Gasteiger partial charge in [0.25, 0.3) is 5.91 Å². The summed E-state index contributed by atoms with van der Waals surface area (Å²) in [6, 6.07) is 4.79. The second kappa shape index (κ2) is 6.33. The molecule has 20 heavy (non-hydrogen) atoms. The average molecular weight is 317 g/mol. The Kier molecular flexibility index (Phi) is 4.73. The number of ether oxygens (including phenoxy) is 1. The summed E-state index contributed by atoms with van der Waals surface area (Å²) in [5.41, 5.74) is 0. The van der Waals surface area contributed by atoms with Crippen LogP contribution in [0.1, 0.15) is 6.92 Å². The highest BCUT2D eigenvalue weighted by molar-refractivity contribution is 6.42. The van der Waals surface area contributed by atoms with E-state index in [1.807, 2.05) is 0 Å². The van der Waals surface area contributed by atoms with Crippen LogP contribution in [-0.4, -0.2) is 42.5 Å². The van der Waals surface area contributed by atoms with Crippen molar-refractivity contribution >= 4 is 35.0 Å². The molecule has 1 saturated heterocycles. The summed E-state index contributed by atoms with van der Waals surface area (Å²) in [5.74, 6) is 0.0685. The molecule has 1 aliphatic rings. The Morgan fingerprint density at radius 2 is 2.15 bits per heavy atom. The lowest BCUT2D eigenvalue weighted by atomic mass is 10.2. The van der Waals surface area contributed by atoms with E-state index in [1.165, 1.54) is 4.90 Å². The van der Waals surface area contributed by atoms with Crippen molar-refractivity contribution in [1.82, 2.24) is 10.2 Å². The van der Waals surface area contributed by atoms with Gasteiger partial charge in [-0.3, -0.25) is 9.59 Å². The molecule has 0 unspecified atom stereocenters. The summed E-state index contributed by atoms with van der Waals surface area (Å²) in [6.07, 6.45) is -0.696. The fourth-order valence-electron chi connectivity index (χ4n) is 1.89. The first-order valence-corrected chi connectivity index (χ1v) is 6.90. The number of halogens is 2. The average Bonchev–Trinajstić information content (AvgIpc) is 2.42. The Morgan fingerprint density at radius 1 is 1.40 bits per heavy atom. The summed E-state index contributed by atoms with van der Waals surface area (Å²) in [4.78, 5) is 24.9. The normalized spacial score (nSPS) is 16.6. The highest BCUT2D eigenvalue weighted by Crippen LogP contribution is 2.27. The number of benzene rings is 1. The summed E-state index contributed by atoms with van der Waals surface area (Å²) in [5, 5.41) is 3.45. The lowest BCUT2D eigenvalue weighted by Crippen LogP contribution is -2.53. The van der Waals surface area contributed by atoms with E-state index in [0.29, 0.717) is 28.9 Å². The molecule has 0 aromatic heterocycles. The van der Waals surface area contributed by atoms with Crippen LogP contribution >= 0.6 is 23.2 Å². The molecule has 0 aliphatic carbocycles. The van der Waals surface area contributed by atoms with Crippen molar-refractivity contribution in [2.75, 3.05) is 19.6 Å². The van der Waals surface area contributed by atoms with E-state index in [0.717, 1.165) is 0 Å². The molecule has 1 heterocycles. The quantitative estimate of drug-likeness (QED) is 0.923. The fraction of sp³-hybridized carbons (Fsp3) is 0.385. The van der Waals surface area contributed by atoms with Crippen molar-refractivity contribution in [2.24, 2.45) is 0 Å². The topological polar surface area (TPSA) is 58.6 Å². The van der Waals surface area contributed by atoms with Gasteiger partial charge in [-0.15, -0.1) is 0 Å². The maximum absolute atomic E-state index is 12.2. The molecular weight excluding hydrogens is 303 g/mol. The van der Waals surface area contributed by atoms with Crippen LogP contribution in [0, 0.1) is 0 Å². The number of nitrogens with zero attached hydrogens (tertiary/aromatic N) is 1. The molecule has 2 amide bonds. The van der Waals surface area contributed by atoms with E-state index in [4.69, 9.17) is 27.9 Å². The summed E-state index contributed by atoms with van der Waals surface area (Å²) < 4.78 is 5.53. The molecule has 7 heteroatoms. The van der Waals surface area contributed by atoms with Crippen molar-refractivity contribution < 1.29 is 14.3 Å². The zero-order valence-corrected chi connectivity index (χ0v) is 12.4. The minimum atomic E-state index is -0.696. The monoisotopic (exact) mass is 316 g/mol. The standard InChI is InChI=1S/C13H14Cl2N2O3/c1-8(13(19)17-5-4-16-12(18)7-17)20-9-2-3-10(14)11(15)6-9/h2-3,6,8H,4-5,7H2,1H3,(H,16,18)/t8-/m0/s1. The van der Waals surface area contributed by atoms with Crippen molar-refractivity contribution in [3.8, 4) is 5.75 Å². The third-order valence-corrected chi connectivity index (χ3v) is 3.64. The van der Waals surface area contributed by atoms with Crippen LogP contribution in [0.5, 0.6) is 5.75 Å². The summed E-state index contributed by atoms with van der Waals surface area (Å²) in [7, 11) is 0. The van der Waals surface area contributed by atoms with Crippen molar-refractivity contribution in [1.29, 1.82) is 0 Å². The van der Waals surface area contributed by atoms with Crippen LogP contribution in [0.3, 0.4) is 0 Å². The smallest absolute Gasteiger partial charge is 0.263 e. The Morgan fingerprint density at radius 3 is 2.80 bits per heavy atom. The Hall–Kier alpha value is -1.46. The largest absolute Gasteiger partial charge is 0.481 e. The van der Waals surface area contributed by atoms with E-state index in [1.54, 1.807) is 25.1 Å². The third-order valence-electron chi connectivity index (χ3n) is 2.90. The Labute approximate surface area is 126 Å². The fourth-order valence-corrected chi connectivity index (χ4v) is 2.18. The Balaban J connectivity index is 1.99. The number of carbonyl (C=O) groups is 2. The van der Waals surface area contributed by atoms with E-state index in [9.17, 15) is 9.59 Å². The molecule has 1 atom stereocenters. The highest BCUT2D eigenvalue weighted by atomic mass is 35.5. The molecule has 1 aromatic rings. The van der Waals surface area contributed by atoms with Gasteiger partial charge in [-0.05, 0) is 19.1 Å². The van der Waals surface area contributed by atoms with E-state index in [2.05, 4.69) is 5.32 Å². The van der Waals surface area contributed by atoms with Gasteiger partial charge in [-0.25, -0.2) is 0 Å². The first-order chi connectivity index (χ1) is 9.47. The van der Waals surface area contributed by atoms with Crippen molar-refractivity contribution in [3.63, 3.8) is 0 Å². The predicted molar refractivity (Wildman–Crippen MR) is 76.1 cm³/mol. The number of carbonyl (C=O) groups excluding carboxylic acids is 2. The van der Waals surface area contributed by atoms with E-state index >= 15 is 0 Å². The molecule has 5 nitrogen and oxygen atoms in total. The Bertz CT molecular complexity index is 536. The molecule has 0 saturated carbocycles.